The summed E-state index contributed by atoms with van der Waals surface area (Å²) in [4.78, 5) is 16.1. The smallest absolute Gasteiger partial charge is 0.287 e. The van der Waals surface area contributed by atoms with Gasteiger partial charge in [0.2, 0.25) is 0 Å². The molecule has 0 fully saturated rings. The monoisotopic (exact) mass is 358 g/mol. The number of furan rings is 1. The van der Waals surface area contributed by atoms with E-state index in [9.17, 15) is 4.79 Å². The van der Waals surface area contributed by atoms with Crippen molar-refractivity contribution in [3.05, 3.63) is 53.5 Å². The van der Waals surface area contributed by atoms with Crippen molar-refractivity contribution in [2.75, 3.05) is 27.2 Å². The number of ether oxygens (including phenoxy) is 1. The standard InChI is InChI=1S/C19H26N4O3/c1-14-9-12-26-17(14)18(24)21-10-6-11-22-19(20-2)23-13-15-7-4-5-8-16(15)25-3/h4-5,7-9,12H,6,10-11,13H2,1-3H3,(H,21,24)(H2,20,22,23). The van der Waals surface area contributed by atoms with E-state index in [4.69, 9.17) is 9.15 Å². The molecule has 1 amide bonds. The van der Waals surface area contributed by atoms with Crippen molar-refractivity contribution in [3.8, 4) is 5.75 Å². The average molecular weight is 358 g/mol. The molecule has 1 aromatic heterocycles. The van der Waals surface area contributed by atoms with Crippen molar-refractivity contribution in [2.24, 2.45) is 4.99 Å². The molecule has 0 aliphatic rings. The Morgan fingerprint density at radius 1 is 1.15 bits per heavy atom. The Kier molecular flexibility index (Phi) is 7.54. The minimum Gasteiger partial charge on any atom is -0.496 e. The summed E-state index contributed by atoms with van der Waals surface area (Å²) in [6, 6.07) is 9.61. The third kappa shape index (κ3) is 5.54. The summed E-state index contributed by atoms with van der Waals surface area (Å²) in [5.74, 6) is 1.72. The quantitative estimate of drug-likeness (QED) is 0.382. The van der Waals surface area contributed by atoms with Gasteiger partial charge in [-0.2, -0.15) is 0 Å². The number of hydrogen-bond acceptors (Lipinski definition) is 4. The molecule has 1 aromatic carbocycles. The van der Waals surface area contributed by atoms with Crippen LogP contribution in [0.1, 0.15) is 28.1 Å². The van der Waals surface area contributed by atoms with Gasteiger partial charge in [0, 0.05) is 37.8 Å². The van der Waals surface area contributed by atoms with Gasteiger partial charge >= 0.3 is 0 Å². The molecule has 7 nitrogen and oxygen atoms in total. The second-order valence-electron chi connectivity index (χ2n) is 5.71. The number of aliphatic imine (C=N–C) groups is 1. The number of nitrogens with one attached hydrogen (secondary N) is 3. The van der Waals surface area contributed by atoms with Gasteiger partial charge in [0.1, 0.15) is 5.75 Å². The van der Waals surface area contributed by atoms with Crippen LogP contribution in [0.25, 0.3) is 0 Å². The number of carbonyl (C=O) groups is 1. The predicted octanol–water partition coefficient (Wildman–Crippen LogP) is 2.08. The molecule has 0 saturated heterocycles. The molecule has 1 heterocycles. The highest BCUT2D eigenvalue weighted by Gasteiger charge is 2.11. The maximum absolute atomic E-state index is 11.9. The number of hydrogen-bond donors (Lipinski definition) is 3. The van der Waals surface area contributed by atoms with Crippen LogP contribution in [0, 0.1) is 6.92 Å². The lowest BCUT2D eigenvalue weighted by Gasteiger charge is -2.13. The highest BCUT2D eigenvalue weighted by molar-refractivity contribution is 5.92. The molecule has 140 valence electrons. The first-order chi connectivity index (χ1) is 12.7. The van der Waals surface area contributed by atoms with Crippen LogP contribution in [0.5, 0.6) is 5.75 Å². The van der Waals surface area contributed by atoms with Crippen molar-refractivity contribution >= 4 is 11.9 Å². The first-order valence-electron chi connectivity index (χ1n) is 8.54. The molecular formula is C19H26N4O3. The number of rotatable bonds is 8. The second kappa shape index (κ2) is 10.1. The van der Waals surface area contributed by atoms with Crippen LogP contribution in [0.15, 0.2) is 46.0 Å². The molecule has 0 unspecified atom stereocenters. The summed E-state index contributed by atoms with van der Waals surface area (Å²) in [5, 5.41) is 9.31. The molecule has 0 spiro atoms. The maximum atomic E-state index is 11.9. The number of benzene rings is 1. The zero-order valence-electron chi connectivity index (χ0n) is 15.5. The Morgan fingerprint density at radius 2 is 1.92 bits per heavy atom. The molecule has 26 heavy (non-hydrogen) atoms. The van der Waals surface area contributed by atoms with Crippen LogP contribution in [-0.4, -0.2) is 39.1 Å². The lowest BCUT2D eigenvalue weighted by Crippen LogP contribution is -2.38. The molecule has 0 aliphatic carbocycles. The van der Waals surface area contributed by atoms with Crippen molar-refractivity contribution < 1.29 is 13.9 Å². The van der Waals surface area contributed by atoms with E-state index >= 15 is 0 Å². The summed E-state index contributed by atoms with van der Waals surface area (Å²) in [5.41, 5.74) is 1.89. The van der Waals surface area contributed by atoms with E-state index < -0.39 is 0 Å². The van der Waals surface area contributed by atoms with Crippen molar-refractivity contribution in [1.82, 2.24) is 16.0 Å². The number of para-hydroxylation sites is 1. The van der Waals surface area contributed by atoms with E-state index in [-0.39, 0.29) is 5.91 Å². The Balaban J connectivity index is 1.67. The molecule has 3 N–H and O–H groups in total. The van der Waals surface area contributed by atoms with E-state index in [1.165, 1.54) is 6.26 Å². The predicted molar refractivity (Wildman–Crippen MR) is 102 cm³/mol. The lowest BCUT2D eigenvalue weighted by molar-refractivity contribution is 0.0925. The minimum atomic E-state index is -0.189. The normalized spacial score (nSPS) is 11.1. The highest BCUT2D eigenvalue weighted by atomic mass is 16.5. The maximum Gasteiger partial charge on any atom is 0.287 e. The number of carbonyl (C=O) groups excluding carboxylic acids is 1. The molecule has 0 saturated carbocycles. The Bertz CT molecular complexity index is 740. The fraction of sp³-hybridized carbons (Fsp3) is 0.368. The Hall–Kier alpha value is -2.96. The van der Waals surface area contributed by atoms with Gasteiger partial charge in [-0.15, -0.1) is 0 Å². The zero-order valence-corrected chi connectivity index (χ0v) is 15.5. The third-order valence-electron chi connectivity index (χ3n) is 3.86. The number of guanidine groups is 1. The van der Waals surface area contributed by atoms with Gasteiger partial charge in [-0.3, -0.25) is 9.79 Å². The highest BCUT2D eigenvalue weighted by Crippen LogP contribution is 2.16. The van der Waals surface area contributed by atoms with E-state index in [0.717, 1.165) is 23.3 Å². The number of amides is 1. The fourth-order valence-electron chi connectivity index (χ4n) is 2.43. The van der Waals surface area contributed by atoms with E-state index in [1.54, 1.807) is 20.2 Å². The van der Waals surface area contributed by atoms with E-state index in [1.807, 2.05) is 31.2 Å². The SMILES string of the molecule is CN=C(NCCCNC(=O)c1occc1C)NCc1ccccc1OC. The van der Waals surface area contributed by atoms with Crippen LogP contribution in [0.4, 0.5) is 0 Å². The summed E-state index contributed by atoms with van der Waals surface area (Å²) < 4.78 is 10.5. The topological polar surface area (TPSA) is 87.9 Å². The van der Waals surface area contributed by atoms with Crippen LogP contribution < -0.4 is 20.7 Å². The summed E-state index contributed by atoms with van der Waals surface area (Å²) >= 11 is 0. The van der Waals surface area contributed by atoms with Crippen LogP contribution >= 0.6 is 0 Å². The largest absolute Gasteiger partial charge is 0.496 e. The van der Waals surface area contributed by atoms with Gasteiger partial charge in [0.15, 0.2) is 11.7 Å². The van der Waals surface area contributed by atoms with Crippen molar-refractivity contribution in [3.63, 3.8) is 0 Å². The van der Waals surface area contributed by atoms with Gasteiger partial charge < -0.3 is 25.1 Å². The van der Waals surface area contributed by atoms with E-state index in [0.29, 0.717) is 31.4 Å². The number of nitrogens with zero attached hydrogens (tertiary/aromatic N) is 1. The fourth-order valence-corrected chi connectivity index (χ4v) is 2.43. The summed E-state index contributed by atoms with van der Waals surface area (Å²) in [6.07, 6.45) is 2.28. The van der Waals surface area contributed by atoms with E-state index in [2.05, 4.69) is 20.9 Å². The number of methoxy groups -OCH3 is 1. The van der Waals surface area contributed by atoms with Crippen molar-refractivity contribution in [2.45, 2.75) is 19.9 Å². The summed E-state index contributed by atoms with van der Waals surface area (Å²) in [7, 11) is 3.38. The molecule has 0 aliphatic heterocycles. The number of aryl methyl sites for hydroxylation is 1. The molecule has 7 heteroatoms. The molecular weight excluding hydrogens is 332 g/mol. The molecule has 2 rings (SSSR count). The first-order valence-corrected chi connectivity index (χ1v) is 8.54. The Labute approximate surface area is 153 Å². The van der Waals surface area contributed by atoms with Crippen LogP contribution in [0.2, 0.25) is 0 Å². The van der Waals surface area contributed by atoms with Gasteiger partial charge in [-0.25, -0.2) is 0 Å². The van der Waals surface area contributed by atoms with Gasteiger partial charge in [-0.1, -0.05) is 18.2 Å². The Morgan fingerprint density at radius 3 is 2.62 bits per heavy atom. The average Bonchev–Trinajstić information content (AvgIpc) is 3.10. The van der Waals surface area contributed by atoms with Crippen LogP contribution in [-0.2, 0) is 6.54 Å². The molecule has 0 bridgehead atoms. The molecule has 0 atom stereocenters. The van der Waals surface area contributed by atoms with Gasteiger partial charge in [0.05, 0.1) is 13.4 Å². The zero-order chi connectivity index (χ0) is 18.8. The van der Waals surface area contributed by atoms with Gasteiger partial charge in [0.25, 0.3) is 5.91 Å². The third-order valence-corrected chi connectivity index (χ3v) is 3.86. The second-order valence-corrected chi connectivity index (χ2v) is 5.71. The molecule has 0 radical (unpaired) electrons. The van der Waals surface area contributed by atoms with Gasteiger partial charge in [-0.05, 0) is 25.5 Å². The van der Waals surface area contributed by atoms with Crippen molar-refractivity contribution in [1.29, 1.82) is 0 Å². The molecule has 2 aromatic rings. The first kappa shape index (κ1) is 19.4. The summed E-state index contributed by atoms with van der Waals surface area (Å²) in [6.45, 7) is 3.69. The lowest BCUT2D eigenvalue weighted by atomic mass is 10.2. The van der Waals surface area contributed by atoms with Crippen LogP contribution in [0.3, 0.4) is 0 Å². The minimum absolute atomic E-state index is 0.189.